The van der Waals surface area contributed by atoms with Crippen molar-refractivity contribution in [3.8, 4) is 0 Å². The fourth-order valence-electron chi connectivity index (χ4n) is 1.78. The van der Waals surface area contributed by atoms with Crippen LogP contribution in [0.25, 0.3) is 16.7 Å². The predicted octanol–water partition coefficient (Wildman–Crippen LogP) is 4.29. The normalized spacial score (nSPS) is 11.6. The van der Waals surface area contributed by atoms with Gasteiger partial charge in [0.25, 0.3) is 0 Å². The van der Waals surface area contributed by atoms with E-state index in [1.807, 2.05) is 6.07 Å². The Balaban J connectivity index is 1.89. The Hall–Kier alpha value is -2.18. The van der Waals surface area contributed by atoms with Crippen LogP contribution in [-0.2, 0) is 4.79 Å². The minimum absolute atomic E-state index is 0.219. The maximum atomic E-state index is 11.3. The number of nitrogens with zero attached hydrogens (tertiary/aromatic N) is 2. The van der Waals surface area contributed by atoms with Gasteiger partial charge in [-0.15, -0.1) is 0 Å². The van der Waals surface area contributed by atoms with E-state index >= 15 is 0 Å². The number of aldehydes is 1. The highest BCUT2D eigenvalue weighted by molar-refractivity contribution is 9.10. The van der Waals surface area contributed by atoms with Gasteiger partial charge < -0.3 is 9.73 Å². The van der Waals surface area contributed by atoms with E-state index in [-0.39, 0.29) is 11.5 Å². The van der Waals surface area contributed by atoms with Gasteiger partial charge in [-0.05, 0) is 46.3 Å². The molecule has 3 rings (SSSR count). The fourth-order valence-corrected chi connectivity index (χ4v) is 2.18. The quantitative estimate of drug-likeness (QED) is 0.542. The summed E-state index contributed by atoms with van der Waals surface area (Å²) in [7, 11) is 0. The number of allylic oxidation sites excluding steroid dienone is 1. The molecule has 0 spiro atoms. The molecular formula is C15H9BrClN3O2. The summed E-state index contributed by atoms with van der Waals surface area (Å²) in [4.78, 5) is 19.7. The van der Waals surface area contributed by atoms with E-state index in [4.69, 9.17) is 16.0 Å². The Morgan fingerprint density at radius 2 is 2.18 bits per heavy atom. The van der Waals surface area contributed by atoms with Gasteiger partial charge in [0.15, 0.2) is 11.9 Å². The number of carbonyl (C=O) groups is 1. The summed E-state index contributed by atoms with van der Waals surface area (Å²) in [6.07, 6.45) is 3.81. The highest BCUT2D eigenvalue weighted by Gasteiger charge is 2.10. The van der Waals surface area contributed by atoms with Crippen LogP contribution in [0.4, 0.5) is 5.82 Å². The minimum atomic E-state index is 0.219. The van der Waals surface area contributed by atoms with Crippen molar-refractivity contribution in [2.45, 2.75) is 0 Å². The van der Waals surface area contributed by atoms with Crippen LogP contribution in [0.2, 0.25) is 5.02 Å². The van der Waals surface area contributed by atoms with Crippen molar-refractivity contribution in [1.82, 2.24) is 9.97 Å². The molecule has 1 aromatic carbocycles. The molecule has 0 aliphatic carbocycles. The van der Waals surface area contributed by atoms with Crippen molar-refractivity contribution in [2.75, 3.05) is 5.32 Å². The number of carbonyl (C=O) groups excluding carboxylic acids is 1. The zero-order valence-corrected chi connectivity index (χ0v) is 13.4. The van der Waals surface area contributed by atoms with Gasteiger partial charge in [0.1, 0.15) is 11.3 Å². The number of pyridine rings is 1. The van der Waals surface area contributed by atoms with Crippen LogP contribution in [0.3, 0.4) is 0 Å². The van der Waals surface area contributed by atoms with Crippen molar-refractivity contribution in [1.29, 1.82) is 0 Å². The lowest BCUT2D eigenvalue weighted by molar-refractivity contribution is -0.103. The minimum Gasteiger partial charge on any atom is -0.436 e. The molecule has 110 valence electrons. The maximum Gasteiger partial charge on any atom is 0.232 e. The summed E-state index contributed by atoms with van der Waals surface area (Å²) in [6, 6.07) is 8.70. The molecule has 0 aliphatic heterocycles. The fraction of sp³-hybridized carbons (Fsp3) is 0. The van der Waals surface area contributed by atoms with E-state index in [9.17, 15) is 4.79 Å². The maximum absolute atomic E-state index is 11.3. The third-order valence-corrected chi connectivity index (χ3v) is 3.53. The molecule has 2 aromatic heterocycles. The van der Waals surface area contributed by atoms with Crippen LogP contribution in [0.15, 0.2) is 51.6 Å². The van der Waals surface area contributed by atoms with Gasteiger partial charge in [-0.1, -0.05) is 11.6 Å². The molecule has 1 N–H and O–H groups in total. The second kappa shape index (κ2) is 6.29. The molecule has 0 aliphatic rings. The molecule has 22 heavy (non-hydrogen) atoms. The van der Waals surface area contributed by atoms with Crippen molar-refractivity contribution in [3.63, 3.8) is 0 Å². The van der Waals surface area contributed by atoms with E-state index in [0.29, 0.717) is 28.2 Å². The first kappa shape index (κ1) is 14.7. The predicted molar refractivity (Wildman–Crippen MR) is 88.6 cm³/mol. The zero-order chi connectivity index (χ0) is 15.5. The lowest BCUT2D eigenvalue weighted by Gasteiger charge is -2.00. The Labute approximate surface area is 139 Å². The van der Waals surface area contributed by atoms with Crippen molar-refractivity contribution in [3.05, 3.63) is 58.1 Å². The number of hydrogen-bond acceptors (Lipinski definition) is 5. The zero-order valence-electron chi connectivity index (χ0n) is 11.1. The van der Waals surface area contributed by atoms with Crippen molar-refractivity contribution in [2.24, 2.45) is 0 Å². The highest BCUT2D eigenvalue weighted by Crippen LogP contribution is 2.23. The van der Waals surface area contributed by atoms with Gasteiger partial charge in [-0.3, -0.25) is 4.79 Å². The van der Waals surface area contributed by atoms with E-state index in [2.05, 4.69) is 31.2 Å². The summed E-state index contributed by atoms with van der Waals surface area (Å²) < 4.78 is 6.42. The van der Waals surface area contributed by atoms with Crippen LogP contribution < -0.4 is 5.32 Å². The molecule has 0 unspecified atom stereocenters. The number of benzene rings is 1. The summed E-state index contributed by atoms with van der Waals surface area (Å²) >= 11 is 9.21. The Morgan fingerprint density at radius 3 is 2.91 bits per heavy atom. The molecule has 7 heteroatoms. The van der Waals surface area contributed by atoms with E-state index in [1.165, 1.54) is 6.20 Å². The summed E-state index contributed by atoms with van der Waals surface area (Å²) in [5.41, 5.74) is 1.43. The lowest BCUT2D eigenvalue weighted by Crippen LogP contribution is -1.95. The molecule has 0 saturated carbocycles. The number of hydrogen-bond donors (Lipinski definition) is 1. The van der Waals surface area contributed by atoms with E-state index in [0.717, 1.165) is 4.47 Å². The summed E-state index contributed by atoms with van der Waals surface area (Å²) in [5, 5.41) is 3.48. The van der Waals surface area contributed by atoms with Crippen molar-refractivity contribution >= 4 is 56.3 Å². The molecule has 0 saturated heterocycles. The first-order valence-corrected chi connectivity index (χ1v) is 7.43. The number of rotatable bonds is 4. The van der Waals surface area contributed by atoms with Crippen LogP contribution in [0.1, 0.15) is 5.89 Å². The monoisotopic (exact) mass is 377 g/mol. The van der Waals surface area contributed by atoms with E-state index < -0.39 is 0 Å². The summed E-state index contributed by atoms with van der Waals surface area (Å²) in [6.45, 7) is 0. The molecule has 0 amide bonds. The first-order chi connectivity index (χ1) is 10.7. The lowest BCUT2D eigenvalue weighted by atomic mass is 10.3. The molecule has 0 radical (unpaired) electrons. The molecule has 3 aromatic rings. The van der Waals surface area contributed by atoms with Gasteiger partial charge in [0.05, 0.1) is 5.57 Å². The summed E-state index contributed by atoms with van der Waals surface area (Å²) in [5.74, 6) is 0.818. The first-order valence-electron chi connectivity index (χ1n) is 6.25. The molecular weight excluding hydrogens is 370 g/mol. The number of oxazole rings is 1. The van der Waals surface area contributed by atoms with Crippen LogP contribution in [0.5, 0.6) is 0 Å². The molecule has 0 atom stereocenters. The van der Waals surface area contributed by atoms with Crippen LogP contribution in [0, 0.1) is 0 Å². The standard InChI is InChI=1S/C15H9BrClN3O2/c16-10-1-4-14(19-7-10)18-6-9(8-21)15-20-12-5-11(17)2-3-13(12)22-15/h1-8H,(H,18,19)/b9-6+. The van der Waals surface area contributed by atoms with Gasteiger partial charge in [0, 0.05) is 21.9 Å². The molecule has 2 heterocycles. The topological polar surface area (TPSA) is 68.0 Å². The van der Waals surface area contributed by atoms with Gasteiger partial charge in [0.2, 0.25) is 5.89 Å². The molecule has 5 nitrogen and oxygen atoms in total. The Bertz CT molecular complexity index is 859. The average Bonchev–Trinajstić information content (AvgIpc) is 2.92. The largest absolute Gasteiger partial charge is 0.436 e. The SMILES string of the molecule is O=C/C(=C\Nc1ccc(Br)cn1)c1nc2cc(Cl)ccc2o1. The molecule has 0 bridgehead atoms. The third kappa shape index (κ3) is 3.18. The number of anilines is 1. The third-order valence-electron chi connectivity index (χ3n) is 2.83. The Kier molecular flexibility index (Phi) is 4.22. The average molecular weight is 379 g/mol. The van der Waals surface area contributed by atoms with Crippen LogP contribution in [-0.4, -0.2) is 16.3 Å². The second-order valence-electron chi connectivity index (χ2n) is 4.35. The van der Waals surface area contributed by atoms with Crippen LogP contribution >= 0.6 is 27.5 Å². The van der Waals surface area contributed by atoms with Crippen molar-refractivity contribution < 1.29 is 9.21 Å². The van der Waals surface area contributed by atoms with Gasteiger partial charge >= 0.3 is 0 Å². The van der Waals surface area contributed by atoms with Gasteiger partial charge in [-0.25, -0.2) is 9.97 Å². The Morgan fingerprint density at radius 1 is 1.32 bits per heavy atom. The second-order valence-corrected chi connectivity index (χ2v) is 5.71. The number of halogens is 2. The van der Waals surface area contributed by atoms with E-state index in [1.54, 1.807) is 30.5 Å². The highest BCUT2D eigenvalue weighted by atomic mass is 79.9. The number of fused-ring (bicyclic) bond motifs is 1. The molecule has 0 fully saturated rings. The number of nitrogens with one attached hydrogen (secondary N) is 1. The smallest absolute Gasteiger partial charge is 0.232 e. The van der Waals surface area contributed by atoms with Gasteiger partial charge in [-0.2, -0.15) is 0 Å². The number of aromatic nitrogens is 2.